The molecule has 7 aromatic heterocycles. The van der Waals surface area contributed by atoms with Gasteiger partial charge in [-0.1, -0.05) is 109 Å². The van der Waals surface area contributed by atoms with Crippen molar-refractivity contribution < 1.29 is 0 Å². The SMILES string of the molecule is c1ccc2c(c1)c1cccc3c4c(cc5c6ccccc6n6c5c4n4c5ccccc5c5cc7c(c8cccc9c%10ccccc%10n7c98)c6c54)n2c13. The number of hydrogen-bond donors (Lipinski definition) is 0. The van der Waals surface area contributed by atoms with Gasteiger partial charge in [-0.15, -0.1) is 0 Å². The van der Waals surface area contributed by atoms with E-state index in [2.05, 4.69) is 163 Å². The van der Waals surface area contributed by atoms with Crippen molar-refractivity contribution in [2.75, 3.05) is 0 Å². The van der Waals surface area contributed by atoms with Gasteiger partial charge in [-0.05, 0) is 36.4 Å². The quantitative estimate of drug-likeness (QED) is 0.145. The smallest absolute Gasteiger partial charge is 0.0811 e. The monoisotopic (exact) mass is 656 g/mol. The Morgan fingerprint density at radius 1 is 0.212 bits per heavy atom. The van der Waals surface area contributed by atoms with Crippen LogP contribution in [0.4, 0.5) is 0 Å². The summed E-state index contributed by atoms with van der Waals surface area (Å²) in [5.74, 6) is 0. The van der Waals surface area contributed by atoms with Gasteiger partial charge in [-0.3, -0.25) is 0 Å². The van der Waals surface area contributed by atoms with Crippen molar-refractivity contribution in [2.24, 2.45) is 0 Å². The highest BCUT2D eigenvalue weighted by Crippen LogP contribution is 2.51. The van der Waals surface area contributed by atoms with Gasteiger partial charge in [0.25, 0.3) is 0 Å². The summed E-state index contributed by atoms with van der Waals surface area (Å²) in [5.41, 5.74) is 15.3. The molecule has 0 N–H and O–H groups in total. The molecule has 0 unspecified atom stereocenters. The summed E-state index contributed by atoms with van der Waals surface area (Å²) >= 11 is 0. The molecule has 0 radical (unpaired) electrons. The van der Waals surface area contributed by atoms with Crippen LogP contribution >= 0.6 is 0 Å². The molecule has 0 aliphatic rings. The van der Waals surface area contributed by atoms with E-state index in [1.54, 1.807) is 0 Å². The Balaban J connectivity index is 1.36. The molecule has 52 heavy (non-hydrogen) atoms. The average molecular weight is 657 g/mol. The predicted molar refractivity (Wildman–Crippen MR) is 219 cm³/mol. The van der Waals surface area contributed by atoms with Crippen LogP contribution in [0.1, 0.15) is 0 Å². The van der Waals surface area contributed by atoms with Crippen LogP contribution in [0.15, 0.2) is 146 Å². The van der Waals surface area contributed by atoms with Gasteiger partial charge in [-0.25, -0.2) is 0 Å². The van der Waals surface area contributed by atoms with Crippen LogP contribution in [0, 0.1) is 0 Å². The average Bonchev–Trinajstić information content (AvgIpc) is 4.03. The van der Waals surface area contributed by atoms with Crippen molar-refractivity contribution in [1.82, 2.24) is 17.6 Å². The van der Waals surface area contributed by atoms with E-state index in [1.165, 1.54) is 131 Å². The lowest BCUT2D eigenvalue weighted by Gasteiger charge is -2.14. The minimum absolute atomic E-state index is 1.25. The molecule has 8 aromatic carbocycles. The van der Waals surface area contributed by atoms with Gasteiger partial charge in [0.05, 0.1) is 66.2 Å². The standard InChI is InChI=1S/C48H24N4/c1-5-19-35-25(11-1)29-15-9-17-31-41-39(49(35)43(29)31)23-33-27-13-3-7-21-37(27)52-45(33)47(41)51-38-22-8-4-14-28(38)34-24-40-42(48(52)46(34)51)32-18-10-16-30-26-12-2-6-20-36(26)50(40)44(30)32/h1-24H. The molecule has 0 spiro atoms. The Morgan fingerprint density at radius 3 is 0.962 bits per heavy atom. The highest BCUT2D eigenvalue weighted by atomic mass is 15.0. The third kappa shape index (κ3) is 2.42. The largest absolute Gasteiger partial charge is 0.308 e. The van der Waals surface area contributed by atoms with Gasteiger partial charge in [-0.2, -0.15) is 0 Å². The molecule has 4 heteroatoms. The van der Waals surface area contributed by atoms with E-state index in [1.807, 2.05) is 0 Å². The molecule has 15 aromatic rings. The molecule has 0 aliphatic carbocycles. The molecule has 0 bridgehead atoms. The molecular formula is C48H24N4. The van der Waals surface area contributed by atoms with Crippen LogP contribution in [0.25, 0.3) is 131 Å². The minimum Gasteiger partial charge on any atom is -0.308 e. The Hall–Kier alpha value is -7.04. The lowest BCUT2D eigenvalue weighted by molar-refractivity contribution is 1.27. The molecule has 0 fully saturated rings. The fourth-order valence-electron chi connectivity index (χ4n) is 10.9. The molecule has 0 aliphatic heterocycles. The van der Waals surface area contributed by atoms with Crippen LogP contribution in [0.3, 0.4) is 0 Å². The van der Waals surface area contributed by atoms with E-state index in [9.17, 15) is 0 Å². The maximum atomic E-state index is 2.64. The van der Waals surface area contributed by atoms with Crippen molar-refractivity contribution in [1.29, 1.82) is 0 Å². The first kappa shape index (κ1) is 25.0. The second-order valence-corrected chi connectivity index (χ2v) is 14.8. The van der Waals surface area contributed by atoms with E-state index in [0.29, 0.717) is 0 Å². The fraction of sp³-hybridized carbons (Fsp3) is 0. The molecule has 236 valence electrons. The first-order valence-corrected chi connectivity index (χ1v) is 18.1. The molecule has 4 nitrogen and oxygen atoms in total. The molecule has 7 heterocycles. The maximum absolute atomic E-state index is 2.64. The van der Waals surface area contributed by atoms with E-state index in [0.717, 1.165) is 0 Å². The Morgan fingerprint density at radius 2 is 0.538 bits per heavy atom. The minimum atomic E-state index is 1.25. The summed E-state index contributed by atoms with van der Waals surface area (Å²) in [4.78, 5) is 0. The molecule has 15 rings (SSSR count). The second-order valence-electron chi connectivity index (χ2n) is 14.8. The zero-order valence-electron chi connectivity index (χ0n) is 27.6. The molecular weight excluding hydrogens is 633 g/mol. The number of nitrogens with zero attached hydrogens (tertiary/aromatic N) is 4. The third-order valence-electron chi connectivity index (χ3n) is 12.7. The molecule has 0 saturated carbocycles. The highest BCUT2D eigenvalue weighted by Gasteiger charge is 2.29. The van der Waals surface area contributed by atoms with Gasteiger partial charge in [0.1, 0.15) is 0 Å². The summed E-state index contributed by atoms with van der Waals surface area (Å²) in [6.07, 6.45) is 0. The topological polar surface area (TPSA) is 17.6 Å². The summed E-state index contributed by atoms with van der Waals surface area (Å²) in [5, 5.41) is 15.6. The molecule has 0 amide bonds. The van der Waals surface area contributed by atoms with E-state index >= 15 is 0 Å². The maximum Gasteiger partial charge on any atom is 0.0811 e. The number of fused-ring (bicyclic) bond motifs is 22. The predicted octanol–water partition coefficient (Wildman–Crippen LogP) is 12.5. The number of rotatable bonds is 0. The van der Waals surface area contributed by atoms with Crippen LogP contribution in [0.5, 0.6) is 0 Å². The van der Waals surface area contributed by atoms with Gasteiger partial charge < -0.3 is 17.6 Å². The van der Waals surface area contributed by atoms with Gasteiger partial charge >= 0.3 is 0 Å². The van der Waals surface area contributed by atoms with Crippen LogP contribution < -0.4 is 0 Å². The lowest BCUT2D eigenvalue weighted by atomic mass is 10.0. The van der Waals surface area contributed by atoms with Gasteiger partial charge in [0.15, 0.2) is 0 Å². The normalized spacial score (nSPS) is 13.4. The number of hydrogen-bond acceptors (Lipinski definition) is 0. The first-order chi connectivity index (χ1) is 25.9. The zero-order valence-corrected chi connectivity index (χ0v) is 27.6. The van der Waals surface area contributed by atoms with Gasteiger partial charge in [0.2, 0.25) is 0 Å². The fourth-order valence-corrected chi connectivity index (χ4v) is 10.9. The number of benzene rings is 8. The van der Waals surface area contributed by atoms with Crippen molar-refractivity contribution in [3.63, 3.8) is 0 Å². The van der Waals surface area contributed by atoms with Crippen LogP contribution in [0.2, 0.25) is 0 Å². The molecule has 0 atom stereocenters. The van der Waals surface area contributed by atoms with Crippen molar-refractivity contribution in [2.45, 2.75) is 0 Å². The summed E-state index contributed by atoms with van der Waals surface area (Å²) in [6, 6.07) is 54.7. The van der Waals surface area contributed by atoms with E-state index < -0.39 is 0 Å². The van der Waals surface area contributed by atoms with Crippen molar-refractivity contribution >= 4 is 131 Å². The van der Waals surface area contributed by atoms with E-state index in [-0.39, 0.29) is 0 Å². The second kappa shape index (κ2) is 7.96. The summed E-state index contributed by atoms with van der Waals surface area (Å²) in [6.45, 7) is 0. The first-order valence-electron chi connectivity index (χ1n) is 18.1. The molecule has 0 saturated heterocycles. The van der Waals surface area contributed by atoms with Crippen molar-refractivity contribution in [3.8, 4) is 0 Å². The third-order valence-corrected chi connectivity index (χ3v) is 12.7. The van der Waals surface area contributed by atoms with Crippen molar-refractivity contribution in [3.05, 3.63) is 146 Å². The lowest BCUT2D eigenvalue weighted by Crippen LogP contribution is -1.99. The van der Waals surface area contributed by atoms with E-state index in [4.69, 9.17) is 0 Å². The Kier molecular flexibility index (Phi) is 3.83. The zero-order chi connectivity index (χ0) is 33.1. The highest BCUT2D eigenvalue weighted by molar-refractivity contribution is 6.38. The summed E-state index contributed by atoms with van der Waals surface area (Å²) in [7, 11) is 0. The van der Waals surface area contributed by atoms with Crippen LogP contribution in [-0.2, 0) is 0 Å². The van der Waals surface area contributed by atoms with Gasteiger partial charge in [0, 0.05) is 64.6 Å². The number of aromatic nitrogens is 4. The Bertz CT molecular complexity index is 3820. The van der Waals surface area contributed by atoms with Crippen LogP contribution in [-0.4, -0.2) is 17.6 Å². The summed E-state index contributed by atoms with van der Waals surface area (Å²) < 4.78 is 10.4. The Labute approximate surface area is 293 Å². The number of para-hydroxylation sites is 6.